The van der Waals surface area contributed by atoms with E-state index in [-0.39, 0.29) is 57.3 Å². The smallest absolute Gasteiger partial charge is 0.229 e. The molecule has 5 heterocycles. The number of aliphatic hydroxyl groups excluding tert-OH is 12. The van der Waals surface area contributed by atoms with Gasteiger partial charge < -0.3 is 120 Å². The second-order valence-electron chi connectivity index (χ2n) is 21.2. The molecule has 5 aliphatic rings. The first-order chi connectivity index (χ1) is 40.3. The molecule has 11 rings (SSSR count). The number of hydrogen-bond acceptors (Lipinski definition) is 24. The molecule has 19 atom stereocenters. The minimum Gasteiger partial charge on any atom is -0.508 e. The van der Waals surface area contributed by atoms with Crippen LogP contribution in [0.25, 0.3) is 12.2 Å². The maximum atomic E-state index is 12.3. The Morgan fingerprint density at radius 3 is 1.12 bits per heavy atom. The quantitative estimate of drug-likeness (QED) is 0.0631. The summed E-state index contributed by atoms with van der Waals surface area (Å²) < 4.78 is 47.5. The summed E-state index contributed by atoms with van der Waals surface area (Å²) in [5.41, 5.74) is 3.57. The number of aliphatic hydroxyl groups is 12. The molecular formula is C60H62O24. The highest BCUT2D eigenvalue weighted by atomic mass is 16.7. The van der Waals surface area contributed by atoms with Gasteiger partial charge in [0.15, 0.2) is 0 Å². The predicted octanol–water partition coefficient (Wildman–Crippen LogP) is 0.747. The molecule has 0 saturated carbocycles. The lowest BCUT2D eigenvalue weighted by Crippen LogP contribution is -2.60. The van der Waals surface area contributed by atoms with Crippen molar-refractivity contribution < 1.29 is 120 Å². The summed E-state index contributed by atoms with van der Waals surface area (Å²) in [5.74, 6) is -1.76. The SMILES string of the molecule is OC[C@H]1O[C@@H](Oc2ccc(C=Cc3cc(O)c4c(c3)O[C@H](c3ccc(O[C@@H]5O[C@H](CO)[C@@H](O)[C@H](O)[C@H]5O)cc3)[C@H]4c3cc(O)c4c(c3)O[C@H](c3ccc(O[C@@H]5O[C@H](CO)[C@@H](O)[C@H](O)[C@H]5O)cc3)[C@H]4c3cc(O)cc(O)c3)cc2)[C@H](O)[C@@H](O)[C@@H]1O. The zero-order valence-corrected chi connectivity index (χ0v) is 44.1. The van der Waals surface area contributed by atoms with Crippen molar-refractivity contribution in [3.8, 4) is 51.7 Å². The Bertz CT molecular complexity index is 3280. The fourth-order valence-corrected chi connectivity index (χ4v) is 11.3. The molecule has 24 heteroatoms. The van der Waals surface area contributed by atoms with E-state index in [1.54, 1.807) is 72.8 Å². The summed E-state index contributed by atoms with van der Waals surface area (Å²) >= 11 is 0. The fourth-order valence-electron chi connectivity index (χ4n) is 11.3. The average Bonchev–Trinajstić information content (AvgIpc) is 2.81. The van der Waals surface area contributed by atoms with E-state index in [9.17, 15) is 81.7 Å². The number of rotatable bonds is 15. The normalized spacial score (nSPS) is 32.7. The number of fused-ring (bicyclic) bond motifs is 2. The van der Waals surface area contributed by atoms with Crippen molar-refractivity contribution in [2.45, 2.75) is 116 Å². The van der Waals surface area contributed by atoms with Gasteiger partial charge in [0.25, 0.3) is 0 Å². The van der Waals surface area contributed by atoms with E-state index in [4.69, 9.17) is 37.9 Å². The van der Waals surface area contributed by atoms with Gasteiger partial charge in [-0.3, -0.25) is 0 Å². The first-order valence-electron chi connectivity index (χ1n) is 26.8. The Morgan fingerprint density at radius 1 is 0.357 bits per heavy atom. The first kappa shape index (κ1) is 58.4. The van der Waals surface area contributed by atoms with Crippen LogP contribution in [0.2, 0.25) is 0 Å². The van der Waals surface area contributed by atoms with Gasteiger partial charge in [-0.1, -0.05) is 48.6 Å². The van der Waals surface area contributed by atoms with E-state index in [1.165, 1.54) is 48.5 Å². The van der Waals surface area contributed by atoms with E-state index < -0.39 is 136 Å². The van der Waals surface area contributed by atoms with Crippen molar-refractivity contribution in [2.75, 3.05) is 19.8 Å². The van der Waals surface area contributed by atoms with Crippen molar-refractivity contribution >= 4 is 12.2 Å². The molecule has 0 spiro atoms. The lowest BCUT2D eigenvalue weighted by atomic mass is 9.81. The second-order valence-corrected chi connectivity index (χ2v) is 21.2. The monoisotopic (exact) mass is 1170 g/mol. The molecule has 0 bridgehead atoms. The molecule has 16 N–H and O–H groups in total. The highest BCUT2D eigenvalue weighted by molar-refractivity contribution is 5.73. The topological polar surface area (TPSA) is 398 Å². The van der Waals surface area contributed by atoms with Crippen molar-refractivity contribution in [3.05, 3.63) is 160 Å². The zero-order valence-electron chi connectivity index (χ0n) is 44.1. The molecule has 84 heavy (non-hydrogen) atoms. The van der Waals surface area contributed by atoms with Gasteiger partial charge in [-0.05, 0) is 106 Å². The number of phenolic OH excluding ortho intramolecular Hbond substituents is 4. The van der Waals surface area contributed by atoms with Gasteiger partial charge in [0.1, 0.15) is 137 Å². The minimum atomic E-state index is -1.69. The van der Waals surface area contributed by atoms with Crippen LogP contribution in [0.1, 0.15) is 68.6 Å². The van der Waals surface area contributed by atoms with E-state index in [1.807, 2.05) is 0 Å². The third-order valence-corrected chi connectivity index (χ3v) is 15.7. The summed E-state index contributed by atoms with van der Waals surface area (Å²) in [6, 6.07) is 29.6. The van der Waals surface area contributed by atoms with E-state index >= 15 is 0 Å². The summed E-state index contributed by atoms with van der Waals surface area (Å²) in [5, 5.41) is 168. The molecule has 6 aromatic carbocycles. The van der Waals surface area contributed by atoms with Crippen molar-refractivity contribution in [1.29, 1.82) is 0 Å². The standard InChI is InChI=1S/C60H62O24/c61-22-40-47(68)50(71)53(74)58(82-40)77-33-9-3-25(4-10-33)1-2-26-15-36(66)45-38(16-26)80-57(28-7-13-35(14-8-28)79-60-55(76)52(73)49(70)42(24-63)84-60)44(45)30-19-37(67)46-39(20-30)81-56(43(46)29-17-31(64)21-32(65)18-29)27-5-11-34(12-6-27)78-59-54(75)51(72)48(69)41(23-62)83-59/h1-21,40-44,47-76H,22-24H2/t40-,41-,42-,43+,44+,47-,48-,49-,50+,51+,52+,53-,54-,55-,56-,57-,58-,59-,60-/m1/s1. The van der Waals surface area contributed by atoms with Gasteiger partial charge in [-0.2, -0.15) is 0 Å². The molecule has 0 radical (unpaired) electrons. The van der Waals surface area contributed by atoms with Crippen LogP contribution < -0.4 is 23.7 Å². The van der Waals surface area contributed by atoms with Crippen molar-refractivity contribution in [1.82, 2.24) is 0 Å². The van der Waals surface area contributed by atoms with Crippen LogP contribution in [0.15, 0.2) is 115 Å². The molecule has 0 unspecified atom stereocenters. The van der Waals surface area contributed by atoms with E-state index in [0.717, 1.165) is 6.07 Å². The van der Waals surface area contributed by atoms with Gasteiger partial charge in [0.05, 0.1) is 31.7 Å². The third-order valence-electron chi connectivity index (χ3n) is 15.7. The summed E-state index contributed by atoms with van der Waals surface area (Å²) in [7, 11) is 0. The summed E-state index contributed by atoms with van der Waals surface area (Å²) in [6.07, 6.45) is -21.1. The van der Waals surface area contributed by atoms with Crippen molar-refractivity contribution in [3.63, 3.8) is 0 Å². The average molecular weight is 1170 g/mol. The highest BCUT2D eigenvalue weighted by Crippen LogP contribution is 2.59. The van der Waals surface area contributed by atoms with E-state index in [0.29, 0.717) is 38.9 Å². The highest BCUT2D eigenvalue weighted by Gasteiger charge is 2.49. The number of phenols is 4. The molecule has 0 aliphatic carbocycles. The fraction of sp³-hybridized carbons (Fsp3) is 0.367. The predicted molar refractivity (Wildman–Crippen MR) is 288 cm³/mol. The summed E-state index contributed by atoms with van der Waals surface area (Å²) in [6.45, 7) is -1.96. The molecular weight excluding hydrogens is 1100 g/mol. The Labute approximate surface area is 477 Å². The third kappa shape index (κ3) is 11.3. The second kappa shape index (κ2) is 24.0. The van der Waals surface area contributed by atoms with Gasteiger partial charge in [0.2, 0.25) is 18.9 Å². The molecule has 24 nitrogen and oxygen atoms in total. The Balaban J connectivity index is 0.913. The van der Waals surface area contributed by atoms with Crippen LogP contribution in [0, 0.1) is 0 Å². The zero-order chi connectivity index (χ0) is 59.4. The number of ether oxygens (including phenoxy) is 8. The minimum absolute atomic E-state index is 0.157. The molecule has 3 saturated heterocycles. The maximum Gasteiger partial charge on any atom is 0.229 e. The lowest BCUT2D eigenvalue weighted by Gasteiger charge is -2.39. The molecule has 446 valence electrons. The molecule has 3 fully saturated rings. The van der Waals surface area contributed by atoms with Crippen LogP contribution in [0.5, 0.6) is 51.7 Å². The van der Waals surface area contributed by atoms with Crippen molar-refractivity contribution in [2.24, 2.45) is 0 Å². The van der Waals surface area contributed by atoms with Gasteiger partial charge in [-0.25, -0.2) is 0 Å². The Morgan fingerprint density at radius 2 is 0.714 bits per heavy atom. The summed E-state index contributed by atoms with van der Waals surface area (Å²) in [4.78, 5) is 0. The largest absolute Gasteiger partial charge is 0.508 e. The van der Waals surface area contributed by atoms with E-state index in [2.05, 4.69) is 0 Å². The van der Waals surface area contributed by atoms with Crippen LogP contribution in [0.3, 0.4) is 0 Å². The Hall–Kier alpha value is -7.34. The van der Waals surface area contributed by atoms with Crippen LogP contribution in [0.4, 0.5) is 0 Å². The molecule has 0 aromatic heterocycles. The van der Waals surface area contributed by atoms with Gasteiger partial charge in [-0.15, -0.1) is 0 Å². The first-order valence-corrected chi connectivity index (χ1v) is 26.8. The molecule has 5 aliphatic heterocycles. The van der Waals surface area contributed by atoms with Gasteiger partial charge in [0, 0.05) is 17.2 Å². The maximum absolute atomic E-state index is 12.3. The Kier molecular flexibility index (Phi) is 16.7. The van der Waals surface area contributed by atoms with Crippen LogP contribution >= 0.6 is 0 Å². The number of hydrogen-bond donors (Lipinski definition) is 16. The molecule has 6 aromatic rings. The van der Waals surface area contributed by atoms with Gasteiger partial charge >= 0.3 is 0 Å². The number of benzene rings is 6. The van der Waals surface area contributed by atoms with Crippen LogP contribution in [-0.2, 0) is 14.2 Å². The lowest BCUT2D eigenvalue weighted by molar-refractivity contribution is -0.277. The number of aromatic hydroxyl groups is 4. The van der Waals surface area contributed by atoms with Crippen LogP contribution in [-0.4, -0.2) is 194 Å². The molecule has 0 amide bonds.